The zero-order valence-electron chi connectivity index (χ0n) is 7.78. The quantitative estimate of drug-likeness (QED) is 0.476. The number of hydrogen-bond acceptors (Lipinski definition) is 2. The van der Waals surface area contributed by atoms with E-state index in [1.54, 1.807) is 0 Å². The van der Waals surface area contributed by atoms with Crippen LogP contribution in [0.4, 0.5) is 0 Å². The summed E-state index contributed by atoms with van der Waals surface area (Å²) in [7, 11) is -4.67. The van der Waals surface area contributed by atoms with Crippen molar-refractivity contribution in [1.82, 2.24) is 0 Å². The minimum absolute atomic E-state index is 3.00. The van der Waals surface area contributed by atoms with Gasteiger partial charge in [-0.1, -0.05) is 0 Å². The molecule has 0 aliphatic carbocycles. The number of rotatable bonds is 0. The van der Waals surface area contributed by atoms with Crippen LogP contribution in [0.2, 0.25) is 0 Å². The molecular weight excluding hydrogens is 192 g/mol. The maximum atomic E-state index is 8.74. The molecule has 2 N–H and O–H groups in total. The van der Waals surface area contributed by atoms with E-state index in [0.29, 0.717) is 0 Å². The van der Waals surface area contributed by atoms with Crippen LogP contribution in [0.15, 0.2) is 52.6 Å². The monoisotopic (exact) mass is 210 g/mol. The third kappa shape index (κ3) is 617. The van der Waals surface area contributed by atoms with Crippen molar-refractivity contribution in [3.05, 3.63) is 52.6 Å². The van der Waals surface area contributed by atoms with Crippen LogP contribution in [-0.2, 0) is 10.4 Å². The highest BCUT2D eigenvalue weighted by Gasteiger charge is 1.84. The maximum Gasteiger partial charge on any atom is 0.394 e. The molecule has 0 atom stereocenters. The molecule has 0 aromatic rings. The van der Waals surface area contributed by atoms with Gasteiger partial charge in [0.1, 0.15) is 0 Å². The second kappa shape index (κ2) is 44.9. The van der Waals surface area contributed by atoms with Gasteiger partial charge in [-0.25, -0.2) is 0 Å². The lowest BCUT2D eigenvalue weighted by Crippen LogP contribution is -1.89. The molecule has 0 aliphatic heterocycles. The summed E-state index contributed by atoms with van der Waals surface area (Å²) in [5.74, 6) is 0. The van der Waals surface area contributed by atoms with Crippen LogP contribution < -0.4 is 0 Å². The minimum Gasteiger partial charge on any atom is -0.264 e. The van der Waals surface area contributed by atoms with Gasteiger partial charge in [0.15, 0.2) is 0 Å². The van der Waals surface area contributed by atoms with E-state index in [4.69, 9.17) is 17.5 Å². The predicted molar refractivity (Wildman–Crippen MR) is 59.2 cm³/mol. The minimum atomic E-state index is -4.67. The van der Waals surface area contributed by atoms with Crippen molar-refractivity contribution in [2.24, 2.45) is 0 Å². The molecule has 0 amide bonds. The molecule has 80 valence electrons. The lowest BCUT2D eigenvalue weighted by molar-refractivity contribution is 0.381. The Labute approximate surface area is 81.2 Å². The zero-order chi connectivity index (χ0) is 12.5. The van der Waals surface area contributed by atoms with Crippen LogP contribution >= 0.6 is 0 Å². The predicted octanol–water partition coefficient (Wildman–Crippen LogP) is 2.56. The van der Waals surface area contributed by atoms with Gasteiger partial charge in [-0.2, -0.15) is 8.42 Å². The summed E-state index contributed by atoms with van der Waals surface area (Å²) in [5.41, 5.74) is 0. The Morgan fingerprint density at radius 1 is 0.615 bits per heavy atom. The fraction of sp³-hybridized carbons (Fsp3) is 0. The molecule has 4 nitrogen and oxygen atoms in total. The first-order valence-electron chi connectivity index (χ1n) is 2.70. The molecule has 0 heterocycles. The molecule has 0 unspecified atom stereocenters. The molecule has 0 radical (unpaired) electrons. The van der Waals surface area contributed by atoms with Crippen molar-refractivity contribution in [2.45, 2.75) is 0 Å². The van der Waals surface area contributed by atoms with E-state index in [0.717, 1.165) is 0 Å². The number of hydrogen-bond donors (Lipinski definition) is 2. The molecular formula is C8H18O4S. The Balaban J connectivity index is -0.0000000230. The van der Waals surface area contributed by atoms with Crippen LogP contribution in [0, 0.1) is 0 Å². The summed E-state index contributed by atoms with van der Waals surface area (Å²) in [4.78, 5) is 0. The third-order valence-corrected chi connectivity index (χ3v) is 0. The highest BCUT2D eigenvalue weighted by molar-refractivity contribution is 7.79. The second-order valence-electron chi connectivity index (χ2n) is 0.448. The second-order valence-corrected chi connectivity index (χ2v) is 1.34. The fourth-order valence-corrected chi connectivity index (χ4v) is 0. The van der Waals surface area contributed by atoms with E-state index in [1.807, 2.05) is 0 Å². The fourth-order valence-electron chi connectivity index (χ4n) is 0. The average molecular weight is 210 g/mol. The molecule has 0 rings (SSSR count). The highest BCUT2D eigenvalue weighted by atomic mass is 32.3. The maximum absolute atomic E-state index is 8.74. The van der Waals surface area contributed by atoms with Gasteiger partial charge in [-0.15, -0.1) is 52.6 Å². The van der Waals surface area contributed by atoms with Gasteiger partial charge in [-0.05, 0) is 0 Å². The van der Waals surface area contributed by atoms with Crippen LogP contribution in [-0.4, -0.2) is 17.5 Å². The van der Waals surface area contributed by atoms with Crippen molar-refractivity contribution in [2.75, 3.05) is 0 Å². The topological polar surface area (TPSA) is 74.6 Å². The molecule has 13 heavy (non-hydrogen) atoms. The van der Waals surface area contributed by atoms with E-state index in [-0.39, 0.29) is 0 Å². The Hall–Kier alpha value is -1.17. The van der Waals surface area contributed by atoms with Crippen molar-refractivity contribution in [3.63, 3.8) is 0 Å². The van der Waals surface area contributed by atoms with E-state index in [9.17, 15) is 0 Å². The van der Waals surface area contributed by atoms with Crippen LogP contribution in [0.5, 0.6) is 0 Å². The summed E-state index contributed by atoms with van der Waals surface area (Å²) in [6.07, 6.45) is 0. The van der Waals surface area contributed by atoms with Gasteiger partial charge in [0.05, 0.1) is 0 Å². The normalized spacial score (nSPS) is 5.69. The Bertz CT molecular complexity index is 136. The zero-order valence-corrected chi connectivity index (χ0v) is 8.59. The Morgan fingerprint density at radius 3 is 0.615 bits per heavy atom. The van der Waals surface area contributed by atoms with Crippen LogP contribution in [0.25, 0.3) is 0 Å². The molecule has 0 aromatic heterocycles. The van der Waals surface area contributed by atoms with E-state index >= 15 is 0 Å². The summed E-state index contributed by atoms with van der Waals surface area (Å²) in [6, 6.07) is 0. The van der Waals surface area contributed by atoms with Gasteiger partial charge in [0, 0.05) is 0 Å². The summed E-state index contributed by atoms with van der Waals surface area (Å²) in [5, 5.41) is 0. The smallest absolute Gasteiger partial charge is 0.264 e. The molecule has 0 aliphatic rings. The molecule has 0 aromatic carbocycles. The SMILES string of the molecule is C=C.C=C.C=C.C=C.O=S(=O)(O)O. The highest BCUT2D eigenvalue weighted by Crippen LogP contribution is 1.59. The summed E-state index contributed by atoms with van der Waals surface area (Å²) >= 11 is 0. The summed E-state index contributed by atoms with van der Waals surface area (Å²) < 4.78 is 31.6. The van der Waals surface area contributed by atoms with Crippen LogP contribution in [0.1, 0.15) is 0 Å². The third-order valence-electron chi connectivity index (χ3n) is 0. The van der Waals surface area contributed by atoms with E-state index in [2.05, 4.69) is 52.6 Å². The van der Waals surface area contributed by atoms with Gasteiger partial charge in [-0.3, -0.25) is 9.11 Å². The van der Waals surface area contributed by atoms with Crippen molar-refractivity contribution in [1.29, 1.82) is 0 Å². The Kier molecular flexibility index (Phi) is 103. The van der Waals surface area contributed by atoms with E-state index < -0.39 is 10.4 Å². The van der Waals surface area contributed by atoms with Crippen LogP contribution in [0.3, 0.4) is 0 Å². The summed E-state index contributed by atoms with van der Waals surface area (Å²) in [6.45, 7) is 24.0. The lowest BCUT2D eigenvalue weighted by atomic mass is 11.3. The van der Waals surface area contributed by atoms with Gasteiger partial charge < -0.3 is 0 Å². The molecule has 0 saturated carbocycles. The van der Waals surface area contributed by atoms with Crippen molar-refractivity contribution in [3.8, 4) is 0 Å². The van der Waals surface area contributed by atoms with E-state index in [1.165, 1.54) is 0 Å². The van der Waals surface area contributed by atoms with Gasteiger partial charge in [0.25, 0.3) is 0 Å². The molecule has 0 spiro atoms. The average Bonchev–Trinajstić information content (AvgIpc) is 2.14. The largest absolute Gasteiger partial charge is 0.394 e. The first kappa shape index (κ1) is 29.7. The molecule has 0 bridgehead atoms. The first-order chi connectivity index (χ1) is 6.00. The van der Waals surface area contributed by atoms with Gasteiger partial charge in [0.2, 0.25) is 0 Å². The van der Waals surface area contributed by atoms with Crippen molar-refractivity contribution < 1.29 is 17.5 Å². The lowest BCUT2D eigenvalue weighted by Gasteiger charge is -1.68. The van der Waals surface area contributed by atoms with Gasteiger partial charge >= 0.3 is 10.4 Å². The standard InChI is InChI=1S/4C2H4.H2O4S/c4*1-2;1-5(2,3)4/h4*1-2H2;(H2,1,2,3,4). The molecule has 0 fully saturated rings. The Morgan fingerprint density at radius 2 is 0.615 bits per heavy atom. The molecule has 5 heteroatoms. The van der Waals surface area contributed by atoms with Crippen molar-refractivity contribution >= 4 is 10.4 Å². The molecule has 0 saturated heterocycles. The first-order valence-corrected chi connectivity index (χ1v) is 4.10.